The third-order valence-electron chi connectivity index (χ3n) is 8.74. The van der Waals surface area contributed by atoms with Crippen molar-refractivity contribution in [2.45, 2.75) is 45.5 Å². The van der Waals surface area contributed by atoms with Gasteiger partial charge in [-0.25, -0.2) is 4.98 Å². The Hall–Kier alpha value is -4.41. The molecule has 0 bridgehead atoms. The van der Waals surface area contributed by atoms with Crippen molar-refractivity contribution >= 4 is 33.8 Å². The lowest BCUT2D eigenvalue weighted by Crippen LogP contribution is -2.48. The molecule has 0 spiro atoms. The second-order valence-electron chi connectivity index (χ2n) is 11.9. The number of aromatic nitrogens is 2. The Morgan fingerprint density at radius 1 is 0.604 bits per heavy atom. The van der Waals surface area contributed by atoms with Gasteiger partial charge in [0.05, 0.1) is 17.0 Å². The van der Waals surface area contributed by atoms with Crippen LogP contribution < -0.4 is 0 Å². The number of nitrogens with one attached hydrogen (secondary N) is 1. The first-order valence-corrected chi connectivity index (χ1v) is 16.8. The highest BCUT2D eigenvalue weighted by molar-refractivity contribution is 7.16. The van der Waals surface area contributed by atoms with Crippen molar-refractivity contribution in [2.24, 2.45) is 0 Å². The molecule has 3 heterocycles. The second kappa shape index (κ2) is 11.3. The van der Waals surface area contributed by atoms with E-state index in [1.165, 1.54) is 20.8 Å². The summed E-state index contributed by atoms with van der Waals surface area (Å²) in [4.78, 5) is 9.47. The van der Waals surface area contributed by atoms with Gasteiger partial charge in [-0.15, -0.1) is 22.7 Å². The molecular weight excluding hydrogens is 663 g/mol. The number of alkyl halides is 6. The Bertz CT molecular complexity index is 2130. The van der Waals surface area contributed by atoms with Gasteiger partial charge < -0.3 is 4.98 Å². The highest BCUT2D eigenvalue weighted by atomic mass is 32.1. The fraction of sp³-hybridized carbons (Fsp3) is 0.184. The third-order valence-corrected chi connectivity index (χ3v) is 11.2. The van der Waals surface area contributed by atoms with E-state index in [0.29, 0.717) is 21.1 Å². The number of halogens is 6. The van der Waals surface area contributed by atoms with Crippen molar-refractivity contribution in [3.63, 3.8) is 0 Å². The highest BCUT2D eigenvalue weighted by Gasteiger charge is 2.80. The molecule has 0 saturated carbocycles. The summed E-state index contributed by atoms with van der Waals surface area (Å²) in [6.45, 7) is 6.13. The number of thiophene rings is 2. The molecule has 2 nitrogen and oxygen atoms in total. The molecule has 244 valence electrons. The van der Waals surface area contributed by atoms with Gasteiger partial charge in [0.15, 0.2) is 0 Å². The molecular formula is C38H28F6N2S2. The summed E-state index contributed by atoms with van der Waals surface area (Å²) in [6.07, 6.45) is 0. The smallest absolute Gasteiger partial charge is 0.337 e. The topological polar surface area (TPSA) is 28.7 Å². The Kier molecular flexibility index (Phi) is 7.60. The SMILES string of the molecule is Cc1cc(C)c(C2=C(c3c(C)sc(-c4ccc(-c5nc(-c6ccccc6)c(-c6ccccc6)[nH]5)cc4)c3C)C(F)(F)C(F)(F)C2(F)F)s1. The van der Waals surface area contributed by atoms with E-state index >= 15 is 26.3 Å². The van der Waals surface area contributed by atoms with Crippen LogP contribution in [0.25, 0.3) is 55.5 Å². The predicted molar refractivity (Wildman–Crippen MR) is 183 cm³/mol. The average Bonchev–Trinajstić information content (AvgIpc) is 3.76. The fourth-order valence-corrected chi connectivity index (χ4v) is 8.74. The van der Waals surface area contributed by atoms with Gasteiger partial charge in [-0.3, -0.25) is 0 Å². The molecule has 6 aromatic rings. The lowest BCUT2D eigenvalue weighted by atomic mass is 9.93. The Balaban J connectivity index is 1.33. The molecule has 1 N–H and O–H groups in total. The average molecular weight is 691 g/mol. The van der Waals surface area contributed by atoms with Crippen molar-refractivity contribution < 1.29 is 26.3 Å². The van der Waals surface area contributed by atoms with Crippen molar-refractivity contribution in [1.82, 2.24) is 9.97 Å². The largest absolute Gasteiger partial charge is 0.380 e. The van der Waals surface area contributed by atoms with E-state index in [-0.39, 0.29) is 26.4 Å². The normalized spacial score (nSPS) is 16.5. The van der Waals surface area contributed by atoms with Gasteiger partial charge in [-0.05, 0) is 50.5 Å². The first kappa shape index (κ1) is 32.2. The van der Waals surface area contributed by atoms with E-state index < -0.39 is 28.9 Å². The van der Waals surface area contributed by atoms with Crippen LogP contribution in [-0.2, 0) is 0 Å². The van der Waals surface area contributed by atoms with Crippen LogP contribution in [-0.4, -0.2) is 27.7 Å². The van der Waals surface area contributed by atoms with Gasteiger partial charge in [0, 0.05) is 47.3 Å². The lowest BCUT2D eigenvalue weighted by molar-refractivity contribution is -0.254. The summed E-state index contributed by atoms with van der Waals surface area (Å²) in [5.74, 6) is -15.2. The summed E-state index contributed by atoms with van der Waals surface area (Å²) >= 11 is 1.93. The van der Waals surface area contributed by atoms with Crippen molar-refractivity contribution in [2.75, 3.05) is 0 Å². The zero-order chi connectivity index (χ0) is 34.2. The summed E-state index contributed by atoms with van der Waals surface area (Å²) < 4.78 is 92.2. The molecule has 0 aliphatic heterocycles. The maximum absolute atomic E-state index is 15.6. The maximum Gasteiger partial charge on any atom is 0.380 e. The van der Waals surface area contributed by atoms with Gasteiger partial charge in [-0.1, -0.05) is 84.9 Å². The molecule has 1 aliphatic carbocycles. The van der Waals surface area contributed by atoms with E-state index in [9.17, 15) is 0 Å². The van der Waals surface area contributed by atoms with Crippen LogP contribution in [0.4, 0.5) is 26.3 Å². The van der Waals surface area contributed by atoms with Crippen LogP contribution in [0.1, 0.15) is 31.3 Å². The highest BCUT2D eigenvalue weighted by Crippen LogP contribution is 2.66. The van der Waals surface area contributed by atoms with Gasteiger partial charge in [0.1, 0.15) is 5.82 Å². The number of rotatable bonds is 6. The monoisotopic (exact) mass is 690 g/mol. The Morgan fingerprint density at radius 3 is 1.75 bits per heavy atom. The molecule has 3 aromatic carbocycles. The fourth-order valence-electron chi connectivity index (χ4n) is 6.46. The maximum atomic E-state index is 15.6. The number of aromatic amines is 1. The van der Waals surface area contributed by atoms with Crippen molar-refractivity contribution in [1.29, 1.82) is 0 Å². The zero-order valence-corrected chi connectivity index (χ0v) is 27.8. The van der Waals surface area contributed by atoms with Crippen molar-refractivity contribution in [3.8, 4) is 44.3 Å². The standard InChI is InChI=1S/C38H28F6N2S2/c1-20-19-21(2)47-33(20)30-29(36(39,40)38(43,44)37(30,41)42)28-22(3)34(48-23(28)4)26-15-17-27(18-16-26)35-45-31(24-11-7-5-8-12-24)32(46-35)25-13-9-6-10-14-25/h5-19H,1-4H3,(H,45,46). The van der Waals surface area contributed by atoms with Gasteiger partial charge in [0.25, 0.3) is 0 Å². The van der Waals surface area contributed by atoms with E-state index in [2.05, 4.69) is 4.98 Å². The summed E-state index contributed by atoms with van der Waals surface area (Å²) in [6, 6.07) is 28.4. The molecule has 48 heavy (non-hydrogen) atoms. The molecule has 0 fully saturated rings. The zero-order valence-electron chi connectivity index (χ0n) is 26.2. The Labute approximate surface area is 281 Å². The first-order chi connectivity index (χ1) is 22.7. The minimum Gasteiger partial charge on any atom is -0.337 e. The quantitative estimate of drug-likeness (QED) is 0.173. The molecule has 0 radical (unpaired) electrons. The van der Waals surface area contributed by atoms with Crippen LogP contribution in [0.2, 0.25) is 0 Å². The van der Waals surface area contributed by atoms with Crippen LogP contribution >= 0.6 is 22.7 Å². The molecule has 3 aromatic heterocycles. The minimum atomic E-state index is -5.60. The van der Waals surface area contributed by atoms with Gasteiger partial charge in [-0.2, -0.15) is 26.3 Å². The van der Waals surface area contributed by atoms with E-state index in [4.69, 9.17) is 4.98 Å². The predicted octanol–water partition coefficient (Wildman–Crippen LogP) is 12.3. The number of hydrogen-bond donors (Lipinski definition) is 1. The second-order valence-corrected chi connectivity index (χ2v) is 14.4. The molecule has 0 saturated heterocycles. The molecule has 7 rings (SSSR count). The van der Waals surface area contributed by atoms with Crippen LogP contribution in [0, 0.1) is 27.7 Å². The van der Waals surface area contributed by atoms with E-state index in [0.717, 1.165) is 50.8 Å². The summed E-state index contributed by atoms with van der Waals surface area (Å²) in [5.41, 5.74) is 2.58. The number of hydrogen-bond acceptors (Lipinski definition) is 3. The molecule has 10 heteroatoms. The molecule has 0 unspecified atom stereocenters. The third kappa shape index (κ3) is 4.79. The van der Waals surface area contributed by atoms with Crippen LogP contribution in [0.15, 0.2) is 91.0 Å². The lowest BCUT2D eigenvalue weighted by Gasteiger charge is -2.26. The number of aryl methyl sites for hydroxylation is 3. The molecule has 0 atom stereocenters. The molecule has 0 amide bonds. The van der Waals surface area contributed by atoms with Gasteiger partial charge >= 0.3 is 17.8 Å². The van der Waals surface area contributed by atoms with E-state index in [1.807, 2.05) is 72.8 Å². The van der Waals surface area contributed by atoms with Crippen LogP contribution in [0.5, 0.6) is 0 Å². The summed E-state index contributed by atoms with van der Waals surface area (Å²) in [7, 11) is 0. The number of imidazole rings is 1. The van der Waals surface area contributed by atoms with E-state index in [1.54, 1.807) is 25.1 Å². The minimum absolute atomic E-state index is 0.243. The van der Waals surface area contributed by atoms with Gasteiger partial charge in [0.2, 0.25) is 0 Å². The summed E-state index contributed by atoms with van der Waals surface area (Å²) in [5, 5.41) is 0. The van der Waals surface area contributed by atoms with Crippen LogP contribution in [0.3, 0.4) is 0 Å². The number of benzene rings is 3. The Morgan fingerprint density at radius 2 is 1.17 bits per heavy atom. The number of H-pyrrole nitrogens is 1. The number of allylic oxidation sites excluding steroid dienone is 2. The first-order valence-electron chi connectivity index (χ1n) is 15.1. The number of nitrogens with zero attached hydrogens (tertiary/aromatic N) is 1. The molecule has 1 aliphatic rings. The van der Waals surface area contributed by atoms with Crippen molar-refractivity contribution in [3.05, 3.63) is 122 Å².